The molecule has 1 aromatic carbocycles. The standard InChI is InChI=1S/C12H11F3N4O2/c13-12(14,15)9-7-8(1-2-10(9)19(20)21)18-6-5-17-11(18)3-4-16/h1-2,5-7H,3-4,16H2. The van der Waals surface area contributed by atoms with Gasteiger partial charge in [0, 0.05) is 30.6 Å². The van der Waals surface area contributed by atoms with E-state index >= 15 is 0 Å². The number of nitro benzene ring substituents is 1. The van der Waals surface area contributed by atoms with Crippen LogP contribution in [0.2, 0.25) is 0 Å². The zero-order chi connectivity index (χ0) is 15.6. The fourth-order valence-corrected chi connectivity index (χ4v) is 1.94. The molecule has 9 heteroatoms. The Morgan fingerprint density at radius 1 is 1.38 bits per heavy atom. The Balaban J connectivity index is 2.57. The molecule has 6 nitrogen and oxygen atoms in total. The lowest BCUT2D eigenvalue weighted by Crippen LogP contribution is -2.12. The predicted molar refractivity (Wildman–Crippen MR) is 68.0 cm³/mol. The van der Waals surface area contributed by atoms with Crippen molar-refractivity contribution in [3.63, 3.8) is 0 Å². The Labute approximate surface area is 117 Å². The topological polar surface area (TPSA) is 87.0 Å². The first-order valence-corrected chi connectivity index (χ1v) is 5.93. The first-order chi connectivity index (χ1) is 9.84. The highest BCUT2D eigenvalue weighted by atomic mass is 19.4. The van der Waals surface area contributed by atoms with Crippen molar-refractivity contribution in [3.05, 3.63) is 52.1 Å². The molecule has 0 amide bonds. The third-order valence-electron chi connectivity index (χ3n) is 2.85. The molecule has 1 heterocycles. The van der Waals surface area contributed by atoms with Crippen molar-refractivity contribution in [2.24, 2.45) is 5.73 Å². The van der Waals surface area contributed by atoms with E-state index in [2.05, 4.69) is 4.98 Å². The number of imidazole rings is 1. The van der Waals surface area contributed by atoms with Crippen molar-refractivity contribution in [2.45, 2.75) is 12.6 Å². The van der Waals surface area contributed by atoms with Gasteiger partial charge >= 0.3 is 6.18 Å². The van der Waals surface area contributed by atoms with Gasteiger partial charge in [0.05, 0.1) is 4.92 Å². The summed E-state index contributed by atoms with van der Waals surface area (Å²) < 4.78 is 40.2. The normalized spacial score (nSPS) is 11.6. The van der Waals surface area contributed by atoms with Gasteiger partial charge in [0.1, 0.15) is 11.4 Å². The molecule has 112 valence electrons. The second kappa shape index (κ2) is 5.52. The van der Waals surface area contributed by atoms with Gasteiger partial charge in [0.2, 0.25) is 0 Å². The van der Waals surface area contributed by atoms with Crippen LogP contribution in [0.1, 0.15) is 11.4 Å². The maximum atomic E-state index is 12.9. The summed E-state index contributed by atoms with van der Waals surface area (Å²) >= 11 is 0. The van der Waals surface area contributed by atoms with E-state index in [1.54, 1.807) is 0 Å². The third-order valence-corrected chi connectivity index (χ3v) is 2.85. The van der Waals surface area contributed by atoms with Crippen molar-refractivity contribution >= 4 is 5.69 Å². The van der Waals surface area contributed by atoms with Crippen molar-refractivity contribution in [2.75, 3.05) is 6.54 Å². The van der Waals surface area contributed by atoms with Gasteiger partial charge in [-0.25, -0.2) is 4.98 Å². The Kier molecular flexibility index (Phi) is 3.94. The Morgan fingerprint density at radius 2 is 2.10 bits per heavy atom. The fraction of sp³-hybridized carbons (Fsp3) is 0.250. The lowest BCUT2D eigenvalue weighted by molar-refractivity contribution is -0.388. The van der Waals surface area contributed by atoms with E-state index in [4.69, 9.17) is 5.73 Å². The summed E-state index contributed by atoms with van der Waals surface area (Å²) in [5.74, 6) is 0.486. The quantitative estimate of drug-likeness (QED) is 0.693. The molecule has 0 bridgehead atoms. The number of hydrogen-bond acceptors (Lipinski definition) is 4. The molecule has 0 atom stereocenters. The summed E-state index contributed by atoms with van der Waals surface area (Å²) in [7, 11) is 0. The zero-order valence-electron chi connectivity index (χ0n) is 10.7. The predicted octanol–water partition coefficient (Wildman–Crippen LogP) is 2.30. The van der Waals surface area contributed by atoms with Gasteiger partial charge in [-0.1, -0.05) is 0 Å². The van der Waals surface area contributed by atoms with Crippen LogP contribution in [0.3, 0.4) is 0 Å². The van der Waals surface area contributed by atoms with Gasteiger partial charge in [-0.05, 0) is 18.7 Å². The molecule has 0 fully saturated rings. The highest BCUT2D eigenvalue weighted by molar-refractivity contribution is 5.50. The van der Waals surface area contributed by atoms with Crippen molar-refractivity contribution in [1.29, 1.82) is 0 Å². The number of hydrogen-bond donors (Lipinski definition) is 1. The largest absolute Gasteiger partial charge is 0.423 e. The lowest BCUT2D eigenvalue weighted by Gasteiger charge is -2.11. The van der Waals surface area contributed by atoms with E-state index in [0.717, 1.165) is 12.1 Å². The van der Waals surface area contributed by atoms with Gasteiger partial charge in [-0.15, -0.1) is 0 Å². The van der Waals surface area contributed by atoms with Gasteiger partial charge in [-0.2, -0.15) is 13.2 Å². The minimum absolute atomic E-state index is 0.147. The first-order valence-electron chi connectivity index (χ1n) is 5.93. The van der Waals surface area contributed by atoms with Crippen LogP contribution in [-0.4, -0.2) is 21.0 Å². The zero-order valence-corrected chi connectivity index (χ0v) is 10.7. The van der Waals surface area contributed by atoms with E-state index in [-0.39, 0.29) is 12.2 Å². The molecule has 2 rings (SSSR count). The number of nitrogens with two attached hydrogens (primary N) is 1. The number of nitrogens with zero attached hydrogens (tertiary/aromatic N) is 3. The van der Waals surface area contributed by atoms with E-state index < -0.39 is 22.4 Å². The average molecular weight is 300 g/mol. The van der Waals surface area contributed by atoms with Crippen molar-refractivity contribution in [1.82, 2.24) is 9.55 Å². The molecule has 0 aliphatic carbocycles. The molecule has 0 spiro atoms. The summed E-state index contributed by atoms with van der Waals surface area (Å²) in [6, 6.07) is 2.82. The number of aromatic nitrogens is 2. The van der Waals surface area contributed by atoms with Gasteiger partial charge in [-0.3, -0.25) is 10.1 Å². The smallest absolute Gasteiger partial charge is 0.330 e. The van der Waals surface area contributed by atoms with Crippen LogP contribution < -0.4 is 5.73 Å². The lowest BCUT2D eigenvalue weighted by atomic mass is 10.1. The monoisotopic (exact) mass is 300 g/mol. The summed E-state index contributed by atoms with van der Waals surface area (Å²) in [6.45, 7) is 0.288. The summed E-state index contributed by atoms with van der Waals surface area (Å²) in [4.78, 5) is 13.7. The number of alkyl halides is 3. The molecule has 0 aliphatic heterocycles. The number of benzene rings is 1. The highest BCUT2D eigenvalue weighted by Gasteiger charge is 2.38. The molecule has 0 saturated carbocycles. The van der Waals surface area contributed by atoms with E-state index in [0.29, 0.717) is 12.2 Å². The van der Waals surface area contributed by atoms with E-state index in [9.17, 15) is 23.3 Å². The second-order valence-electron chi connectivity index (χ2n) is 4.21. The Morgan fingerprint density at radius 3 is 2.67 bits per heavy atom. The molecule has 0 aliphatic rings. The average Bonchev–Trinajstić information content (AvgIpc) is 2.85. The molecule has 0 saturated heterocycles. The maximum Gasteiger partial charge on any atom is 0.423 e. The van der Waals surface area contributed by atoms with Crippen LogP contribution in [-0.2, 0) is 12.6 Å². The summed E-state index contributed by atoms with van der Waals surface area (Å²) in [5, 5.41) is 10.7. The van der Waals surface area contributed by atoms with Crippen molar-refractivity contribution < 1.29 is 18.1 Å². The Bertz CT molecular complexity index is 667. The minimum atomic E-state index is -4.81. The maximum absolute atomic E-state index is 12.9. The van der Waals surface area contributed by atoms with Gasteiger partial charge < -0.3 is 10.3 Å². The molecular weight excluding hydrogens is 289 g/mol. The number of nitro groups is 1. The number of rotatable bonds is 4. The van der Waals surface area contributed by atoms with Crippen LogP contribution in [0.15, 0.2) is 30.6 Å². The Hall–Kier alpha value is -2.42. The SMILES string of the molecule is NCCc1nccn1-c1ccc([N+](=O)[O-])c(C(F)(F)F)c1. The molecule has 2 N–H and O–H groups in total. The third kappa shape index (κ3) is 3.02. The molecule has 21 heavy (non-hydrogen) atoms. The molecule has 0 radical (unpaired) electrons. The molecule has 0 unspecified atom stereocenters. The summed E-state index contributed by atoms with van der Waals surface area (Å²) in [6.07, 6.45) is -1.52. The second-order valence-corrected chi connectivity index (χ2v) is 4.21. The number of halogens is 3. The summed E-state index contributed by atoms with van der Waals surface area (Å²) in [5.41, 5.74) is 3.28. The van der Waals surface area contributed by atoms with Crippen LogP contribution in [0, 0.1) is 10.1 Å². The van der Waals surface area contributed by atoms with Crippen LogP contribution in [0.4, 0.5) is 18.9 Å². The molecular formula is C12H11F3N4O2. The molecule has 1 aromatic heterocycles. The van der Waals surface area contributed by atoms with Crippen LogP contribution >= 0.6 is 0 Å². The van der Waals surface area contributed by atoms with Crippen LogP contribution in [0.25, 0.3) is 5.69 Å². The van der Waals surface area contributed by atoms with Crippen LogP contribution in [0.5, 0.6) is 0 Å². The highest BCUT2D eigenvalue weighted by Crippen LogP contribution is 2.37. The van der Waals surface area contributed by atoms with E-state index in [1.807, 2.05) is 0 Å². The first kappa shape index (κ1) is 15.0. The minimum Gasteiger partial charge on any atom is -0.330 e. The molecule has 2 aromatic rings. The van der Waals surface area contributed by atoms with Gasteiger partial charge in [0.25, 0.3) is 5.69 Å². The van der Waals surface area contributed by atoms with Crippen molar-refractivity contribution in [3.8, 4) is 5.69 Å². The fourth-order valence-electron chi connectivity index (χ4n) is 1.94. The van der Waals surface area contributed by atoms with Gasteiger partial charge in [0.15, 0.2) is 0 Å². The van der Waals surface area contributed by atoms with E-state index in [1.165, 1.54) is 23.0 Å².